The van der Waals surface area contributed by atoms with Crippen LogP contribution in [0.5, 0.6) is 0 Å². The van der Waals surface area contributed by atoms with Gasteiger partial charge in [-0.15, -0.1) is 0 Å². The maximum Gasteiger partial charge on any atom is 0.259 e. The molecule has 0 aliphatic carbocycles. The van der Waals surface area contributed by atoms with Gasteiger partial charge < -0.3 is 4.57 Å². The van der Waals surface area contributed by atoms with Crippen molar-refractivity contribution in [3.63, 3.8) is 0 Å². The van der Waals surface area contributed by atoms with Crippen molar-refractivity contribution in [2.45, 2.75) is 24.9 Å². The summed E-state index contributed by atoms with van der Waals surface area (Å²) in [7, 11) is -1.75. The molecule has 0 spiro atoms. The Morgan fingerprint density at radius 1 is 1.38 bits per heavy atom. The number of hydrogen-bond donors (Lipinski definition) is 1. The molecule has 0 bridgehead atoms. The number of nitrogens with one attached hydrogen (secondary N) is 1. The molecule has 1 saturated heterocycles. The average molecular weight is 348 g/mol. The molecule has 0 unspecified atom stereocenters. The van der Waals surface area contributed by atoms with E-state index in [1.54, 1.807) is 11.6 Å². The molecule has 0 radical (unpaired) electrons. The minimum atomic E-state index is -3.51. The lowest BCUT2D eigenvalue weighted by molar-refractivity contribution is 0.316. The number of rotatable bonds is 6. The van der Waals surface area contributed by atoms with Gasteiger partial charge in [-0.2, -0.15) is 0 Å². The van der Waals surface area contributed by atoms with E-state index in [9.17, 15) is 8.42 Å². The predicted molar refractivity (Wildman–Crippen MR) is 93.0 cm³/mol. The average Bonchev–Trinajstić information content (AvgIpc) is 3.15. The van der Waals surface area contributed by atoms with Crippen molar-refractivity contribution in [2.75, 3.05) is 19.6 Å². The van der Waals surface area contributed by atoms with E-state index in [-0.39, 0.29) is 5.03 Å². The summed E-state index contributed by atoms with van der Waals surface area (Å²) >= 11 is 0. The van der Waals surface area contributed by atoms with Crippen LogP contribution in [0, 0.1) is 12.8 Å². The van der Waals surface area contributed by atoms with Crippen LogP contribution in [0.1, 0.15) is 17.5 Å². The van der Waals surface area contributed by atoms with Gasteiger partial charge in [0.15, 0.2) is 5.03 Å². The summed E-state index contributed by atoms with van der Waals surface area (Å²) in [4.78, 5) is 6.30. The standard InChI is InChI=1S/C17H24N4O2S/c1-14-4-3-5-15(8-14)10-21-7-6-16(11-21)9-19-24(22,23)17-12-20(2)13-18-17/h3-5,8,12-13,16,19H,6-7,9-11H2,1-2H3/t16-/m0/s1. The van der Waals surface area contributed by atoms with Gasteiger partial charge in [-0.05, 0) is 31.4 Å². The highest BCUT2D eigenvalue weighted by Crippen LogP contribution is 2.19. The van der Waals surface area contributed by atoms with Crippen molar-refractivity contribution < 1.29 is 8.42 Å². The molecule has 0 amide bonds. The maximum atomic E-state index is 12.2. The summed E-state index contributed by atoms with van der Waals surface area (Å²) < 4.78 is 28.7. The molecule has 1 aliphatic rings. The van der Waals surface area contributed by atoms with Crippen LogP contribution in [-0.2, 0) is 23.6 Å². The summed E-state index contributed by atoms with van der Waals surface area (Å²) in [6.07, 6.45) is 4.02. The highest BCUT2D eigenvalue weighted by molar-refractivity contribution is 7.89. The second-order valence-corrected chi connectivity index (χ2v) is 8.32. The molecule has 1 aliphatic heterocycles. The molecule has 2 aromatic rings. The normalized spacial score (nSPS) is 19.0. The second kappa shape index (κ2) is 7.04. The van der Waals surface area contributed by atoms with Crippen molar-refractivity contribution in [1.29, 1.82) is 0 Å². The highest BCUT2D eigenvalue weighted by atomic mass is 32.2. The Morgan fingerprint density at radius 2 is 2.21 bits per heavy atom. The lowest BCUT2D eigenvalue weighted by Crippen LogP contribution is -2.31. The van der Waals surface area contributed by atoms with Crippen molar-refractivity contribution >= 4 is 10.0 Å². The molecule has 7 heteroatoms. The molecule has 6 nitrogen and oxygen atoms in total. The fourth-order valence-electron chi connectivity index (χ4n) is 3.12. The fourth-order valence-corrected chi connectivity index (χ4v) is 4.21. The third-order valence-corrected chi connectivity index (χ3v) is 5.69. The van der Waals surface area contributed by atoms with Gasteiger partial charge in [0.2, 0.25) is 0 Å². The van der Waals surface area contributed by atoms with Gasteiger partial charge in [0.25, 0.3) is 10.0 Å². The third kappa shape index (κ3) is 4.23. The molecule has 1 N–H and O–H groups in total. The minimum absolute atomic E-state index is 0.0830. The van der Waals surface area contributed by atoms with Crippen molar-refractivity contribution in [3.8, 4) is 0 Å². The molecule has 1 atom stereocenters. The number of benzene rings is 1. The van der Waals surface area contributed by atoms with Gasteiger partial charge in [-0.1, -0.05) is 29.8 Å². The summed E-state index contributed by atoms with van der Waals surface area (Å²) in [5.74, 6) is 0.341. The Kier molecular flexibility index (Phi) is 5.03. The number of nitrogens with zero attached hydrogens (tertiary/aromatic N) is 3. The fraction of sp³-hybridized carbons (Fsp3) is 0.471. The van der Waals surface area contributed by atoms with Gasteiger partial charge in [0.05, 0.1) is 6.33 Å². The molecule has 24 heavy (non-hydrogen) atoms. The molecule has 2 heterocycles. The van der Waals surface area contributed by atoms with Crippen LogP contribution in [0.2, 0.25) is 0 Å². The molecular formula is C17H24N4O2S. The number of sulfonamides is 1. The zero-order valence-corrected chi connectivity index (χ0v) is 15.0. The van der Waals surface area contributed by atoms with E-state index in [1.807, 2.05) is 0 Å². The second-order valence-electron chi connectivity index (χ2n) is 6.61. The first-order valence-corrected chi connectivity index (χ1v) is 9.66. The zero-order valence-electron chi connectivity index (χ0n) is 14.1. The van der Waals surface area contributed by atoms with Gasteiger partial charge in [0, 0.05) is 32.9 Å². The Balaban J connectivity index is 1.51. The topological polar surface area (TPSA) is 67.2 Å². The number of likely N-dealkylation sites (tertiary alicyclic amines) is 1. The van der Waals surface area contributed by atoms with Crippen LogP contribution in [0.25, 0.3) is 0 Å². The number of imidazole rings is 1. The summed E-state index contributed by atoms with van der Waals surface area (Å²) in [6.45, 7) is 5.40. The quantitative estimate of drug-likeness (QED) is 0.860. The van der Waals surface area contributed by atoms with Crippen LogP contribution in [0.3, 0.4) is 0 Å². The number of hydrogen-bond acceptors (Lipinski definition) is 4. The van der Waals surface area contributed by atoms with E-state index in [1.165, 1.54) is 23.7 Å². The first-order valence-electron chi connectivity index (χ1n) is 8.18. The van der Waals surface area contributed by atoms with E-state index >= 15 is 0 Å². The van der Waals surface area contributed by atoms with Crippen molar-refractivity contribution in [1.82, 2.24) is 19.2 Å². The van der Waals surface area contributed by atoms with E-state index in [0.29, 0.717) is 12.5 Å². The van der Waals surface area contributed by atoms with Gasteiger partial charge in [0.1, 0.15) is 0 Å². The molecular weight excluding hydrogens is 324 g/mol. The van der Waals surface area contributed by atoms with Crippen LogP contribution < -0.4 is 4.72 Å². The Hall–Kier alpha value is -1.70. The third-order valence-electron chi connectivity index (χ3n) is 4.38. The predicted octanol–water partition coefficient (Wildman–Crippen LogP) is 1.53. The Labute approximate surface area is 143 Å². The van der Waals surface area contributed by atoms with Crippen LogP contribution in [-0.4, -0.2) is 42.5 Å². The van der Waals surface area contributed by atoms with Crippen LogP contribution in [0.4, 0.5) is 0 Å². The van der Waals surface area contributed by atoms with Gasteiger partial charge in [-0.25, -0.2) is 18.1 Å². The van der Waals surface area contributed by atoms with E-state index in [0.717, 1.165) is 26.1 Å². The summed E-state index contributed by atoms with van der Waals surface area (Å²) in [5, 5.41) is 0.0830. The molecule has 3 rings (SSSR count). The lowest BCUT2D eigenvalue weighted by Gasteiger charge is -2.16. The zero-order chi connectivity index (χ0) is 17.2. The first-order chi connectivity index (χ1) is 11.4. The van der Waals surface area contributed by atoms with Crippen molar-refractivity contribution in [2.24, 2.45) is 13.0 Å². The van der Waals surface area contributed by atoms with Crippen LogP contribution in [0.15, 0.2) is 41.8 Å². The molecule has 130 valence electrons. The monoisotopic (exact) mass is 348 g/mol. The smallest absolute Gasteiger partial charge is 0.259 e. The van der Waals surface area contributed by atoms with Gasteiger partial charge in [-0.3, -0.25) is 4.90 Å². The van der Waals surface area contributed by atoms with E-state index < -0.39 is 10.0 Å². The first kappa shape index (κ1) is 17.1. The van der Waals surface area contributed by atoms with E-state index in [4.69, 9.17) is 0 Å². The van der Waals surface area contributed by atoms with Crippen LogP contribution >= 0.6 is 0 Å². The summed E-state index contributed by atoms with van der Waals surface area (Å²) in [6, 6.07) is 8.53. The highest BCUT2D eigenvalue weighted by Gasteiger charge is 2.25. The van der Waals surface area contributed by atoms with Crippen molar-refractivity contribution in [3.05, 3.63) is 47.9 Å². The number of aromatic nitrogens is 2. The van der Waals surface area contributed by atoms with Gasteiger partial charge >= 0.3 is 0 Å². The lowest BCUT2D eigenvalue weighted by atomic mass is 10.1. The Morgan fingerprint density at radius 3 is 2.92 bits per heavy atom. The molecule has 1 fully saturated rings. The largest absolute Gasteiger partial charge is 0.339 e. The molecule has 1 aromatic heterocycles. The molecule has 1 aromatic carbocycles. The minimum Gasteiger partial charge on any atom is -0.339 e. The number of aryl methyl sites for hydroxylation is 2. The molecule has 0 saturated carbocycles. The Bertz CT molecular complexity index is 800. The maximum absolute atomic E-state index is 12.2. The van der Waals surface area contributed by atoms with E-state index in [2.05, 4.69) is 45.8 Å². The SMILES string of the molecule is Cc1cccc(CN2CC[C@@H](CNS(=O)(=O)c3cn(C)cn3)C2)c1. The summed E-state index contributed by atoms with van der Waals surface area (Å²) in [5.41, 5.74) is 2.58.